The summed E-state index contributed by atoms with van der Waals surface area (Å²) in [6, 6.07) is 6.09. The van der Waals surface area contributed by atoms with Crippen LogP contribution in [0.25, 0.3) is 22.4 Å². The Bertz CT molecular complexity index is 944. The van der Waals surface area contributed by atoms with Crippen molar-refractivity contribution in [2.24, 2.45) is 0 Å². The highest BCUT2D eigenvalue weighted by molar-refractivity contribution is 6.04. The van der Waals surface area contributed by atoms with Crippen LogP contribution in [-0.2, 0) is 4.79 Å². The fraction of sp³-hybridized carbons (Fsp3) is 0.200. The standard InChI is InChI=1S/C15H13N5O4/c1-2-16-15-20-19-13(24-15)8-4-3-7-5-10(23-9(7)6-8)11-12(21)18-14(22)17-11/h3-6,11H,2H2,1H3,(H,16,20)(H2,17,18,21,22)/t11-/m0/s1. The van der Waals surface area contributed by atoms with Crippen LogP contribution in [0.1, 0.15) is 18.7 Å². The van der Waals surface area contributed by atoms with Gasteiger partial charge in [-0.25, -0.2) is 4.79 Å². The zero-order valence-electron chi connectivity index (χ0n) is 12.6. The number of hydrogen-bond acceptors (Lipinski definition) is 7. The van der Waals surface area contributed by atoms with Gasteiger partial charge in [-0.3, -0.25) is 10.1 Å². The number of urea groups is 1. The van der Waals surface area contributed by atoms with Crippen molar-refractivity contribution in [3.05, 3.63) is 30.0 Å². The predicted molar refractivity (Wildman–Crippen MR) is 83.1 cm³/mol. The van der Waals surface area contributed by atoms with Gasteiger partial charge in [0.2, 0.25) is 5.89 Å². The maximum atomic E-state index is 11.7. The Balaban J connectivity index is 1.68. The number of amides is 3. The van der Waals surface area contributed by atoms with Crippen molar-refractivity contribution in [2.45, 2.75) is 13.0 Å². The number of furan rings is 1. The van der Waals surface area contributed by atoms with Crippen molar-refractivity contribution < 1.29 is 18.4 Å². The predicted octanol–water partition coefficient (Wildman–Crippen LogP) is 1.80. The number of benzene rings is 1. The summed E-state index contributed by atoms with van der Waals surface area (Å²) in [6.07, 6.45) is 0. The molecule has 0 unspecified atom stereocenters. The van der Waals surface area contributed by atoms with Gasteiger partial charge in [0.05, 0.1) is 0 Å². The second-order valence-corrected chi connectivity index (χ2v) is 5.24. The molecule has 3 heterocycles. The molecule has 0 spiro atoms. The Kier molecular flexibility index (Phi) is 3.19. The van der Waals surface area contributed by atoms with E-state index in [2.05, 4.69) is 26.1 Å². The first-order valence-corrected chi connectivity index (χ1v) is 7.36. The SMILES string of the molecule is CCNc1nnc(-c2ccc3cc([C@@H]4NC(=O)NC4=O)oc3c2)o1. The van der Waals surface area contributed by atoms with Crippen molar-refractivity contribution in [2.75, 3.05) is 11.9 Å². The normalized spacial score (nSPS) is 17.1. The van der Waals surface area contributed by atoms with Gasteiger partial charge in [-0.15, -0.1) is 5.10 Å². The van der Waals surface area contributed by atoms with Crippen molar-refractivity contribution >= 4 is 28.9 Å². The number of aromatic nitrogens is 2. The van der Waals surface area contributed by atoms with Crippen LogP contribution in [0.4, 0.5) is 10.8 Å². The third kappa shape index (κ3) is 2.35. The number of fused-ring (bicyclic) bond motifs is 1. The highest BCUT2D eigenvalue weighted by Crippen LogP contribution is 2.29. The number of hydrogen-bond donors (Lipinski definition) is 3. The van der Waals surface area contributed by atoms with Gasteiger partial charge in [0, 0.05) is 17.5 Å². The molecule has 1 atom stereocenters. The summed E-state index contributed by atoms with van der Waals surface area (Å²) in [5.41, 5.74) is 1.25. The van der Waals surface area contributed by atoms with E-state index in [1.54, 1.807) is 12.1 Å². The van der Waals surface area contributed by atoms with Gasteiger partial charge in [0.15, 0.2) is 6.04 Å². The van der Waals surface area contributed by atoms with Crippen LogP contribution in [-0.4, -0.2) is 28.7 Å². The average molecular weight is 327 g/mol. The molecule has 0 bridgehead atoms. The summed E-state index contributed by atoms with van der Waals surface area (Å²) in [4.78, 5) is 22.9. The lowest BCUT2D eigenvalue weighted by Crippen LogP contribution is -2.22. The van der Waals surface area contributed by atoms with Crippen molar-refractivity contribution in [3.63, 3.8) is 0 Å². The van der Waals surface area contributed by atoms with Crippen LogP contribution >= 0.6 is 0 Å². The van der Waals surface area contributed by atoms with Crippen LogP contribution in [0.3, 0.4) is 0 Å². The van der Waals surface area contributed by atoms with Crippen molar-refractivity contribution in [1.82, 2.24) is 20.8 Å². The van der Waals surface area contributed by atoms with Crippen molar-refractivity contribution in [3.8, 4) is 11.5 Å². The molecule has 9 nitrogen and oxygen atoms in total. The second-order valence-electron chi connectivity index (χ2n) is 5.24. The number of anilines is 1. The fourth-order valence-electron chi connectivity index (χ4n) is 2.51. The molecular formula is C15H13N5O4. The van der Waals surface area contributed by atoms with Gasteiger partial charge in [-0.05, 0) is 25.1 Å². The number of carbonyl (C=O) groups excluding carboxylic acids is 2. The average Bonchev–Trinajstić information content (AvgIpc) is 3.25. The summed E-state index contributed by atoms with van der Waals surface area (Å²) in [5, 5.41) is 16.3. The quantitative estimate of drug-likeness (QED) is 0.624. The molecule has 1 saturated heterocycles. The third-order valence-electron chi connectivity index (χ3n) is 3.60. The minimum absolute atomic E-state index is 0.345. The van der Waals surface area contributed by atoms with Crippen LogP contribution < -0.4 is 16.0 Å². The molecule has 1 aromatic carbocycles. The van der Waals surface area contributed by atoms with E-state index in [1.807, 2.05) is 19.1 Å². The molecule has 3 amide bonds. The highest BCUT2D eigenvalue weighted by Gasteiger charge is 2.33. The van der Waals surface area contributed by atoms with Crippen molar-refractivity contribution in [1.29, 1.82) is 0 Å². The summed E-state index contributed by atoms with van der Waals surface area (Å²) < 4.78 is 11.2. The second kappa shape index (κ2) is 5.37. The zero-order chi connectivity index (χ0) is 16.7. The first-order valence-electron chi connectivity index (χ1n) is 7.36. The molecule has 122 valence electrons. The fourth-order valence-corrected chi connectivity index (χ4v) is 2.51. The monoisotopic (exact) mass is 327 g/mol. The molecule has 3 aromatic rings. The Morgan fingerprint density at radius 2 is 2.08 bits per heavy atom. The largest absolute Gasteiger partial charge is 0.458 e. The first-order chi connectivity index (χ1) is 11.6. The van der Waals surface area contributed by atoms with Gasteiger partial charge in [-0.1, -0.05) is 11.2 Å². The molecule has 1 fully saturated rings. The zero-order valence-corrected chi connectivity index (χ0v) is 12.6. The molecule has 1 aliphatic heterocycles. The van der Waals surface area contributed by atoms with E-state index in [0.29, 0.717) is 35.4 Å². The lowest BCUT2D eigenvalue weighted by molar-refractivity contribution is -0.120. The number of nitrogens with one attached hydrogen (secondary N) is 3. The molecule has 0 radical (unpaired) electrons. The van der Waals surface area contributed by atoms with Gasteiger partial charge in [0.1, 0.15) is 11.3 Å². The maximum absolute atomic E-state index is 11.7. The summed E-state index contributed by atoms with van der Waals surface area (Å²) >= 11 is 0. The minimum atomic E-state index is -0.822. The van der Waals surface area contributed by atoms with Crippen LogP contribution in [0.2, 0.25) is 0 Å². The van der Waals surface area contributed by atoms with E-state index >= 15 is 0 Å². The lowest BCUT2D eigenvalue weighted by Gasteiger charge is -2.01. The van der Waals surface area contributed by atoms with E-state index in [-0.39, 0.29) is 0 Å². The van der Waals surface area contributed by atoms with Gasteiger partial charge >= 0.3 is 12.0 Å². The first kappa shape index (κ1) is 14.2. The van der Waals surface area contributed by atoms with E-state index < -0.39 is 18.0 Å². The Labute approximate surface area is 135 Å². The van der Waals surface area contributed by atoms with Gasteiger partial charge in [-0.2, -0.15) is 0 Å². The minimum Gasteiger partial charge on any atom is -0.458 e. The molecule has 2 aromatic heterocycles. The number of nitrogens with zero attached hydrogens (tertiary/aromatic N) is 2. The number of carbonyl (C=O) groups is 2. The highest BCUT2D eigenvalue weighted by atomic mass is 16.4. The van der Waals surface area contributed by atoms with E-state index in [0.717, 1.165) is 5.39 Å². The molecule has 0 aliphatic carbocycles. The van der Waals surface area contributed by atoms with Gasteiger partial charge < -0.3 is 19.5 Å². The Morgan fingerprint density at radius 1 is 1.21 bits per heavy atom. The van der Waals surface area contributed by atoms with Crippen LogP contribution in [0.5, 0.6) is 0 Å². The summed E-state index contributed by atoms with van der Waals surface area (Å²) in [6.45, 7) is 2.61. The van der Waals surface area contributed by atoms with Crippen LogP contribution in [0.15, 0.2) is 33.1 Å². The Morgan fingerprint density at radius 3 is 2.83 bits per heavy atom. The Hall–Kier alpha value is -3.36. The smallest absolute Gasteiger partial charge is 0.322 e. The maximum Gasteiger partial charge on any atom is 0.322 e. The molecule has 0 saturated carbocycles. The topological polar surface area (TPSA) is 122 Å². The molecule has 3 N–H and O–H groups in total. The molecule has 9 heteroatoms. The number of rotatable bonds is 4. The van der Waals surface area contributed by atoms with E-state index in [9.17, 15) is 9.59 Å². The van der Waals surface area contributed by atoms with Crippen LogP contribution in [0, 0.1) is 0 Å². The van der Waals surface area contributed by atoms with E-state index in [1.165, 1.54) is 0 Å². The van der Waals surface area contributed by atoms with E-state index in [4.69, 9.17) is 8.83 Å². The summed E-state index contributed by atoms with van der Waals surface area (Å²) in [5.74, 6) is 0.286. The lowest BCUT2D eigenvalue weighted by atomic mass is 10.1. The molecule has 1 aliphatic rings. The molecule has 24 heavy (non-hydrogen) atoms. The third-order valence-corrected chi connectivity index (χ3v) is 3.60. The van der Waals surface area contributed by atoms with Gasteiger partial charge in [0.25, 0.3) is 5.91 Å². The molecule has 4 rings (SSSR count). The summed E-state index contributed by atoms with van der Waals surface area (Å²) in [7, 11) is 0. The molecular weight excluding hydrogens is 314 g/mol. The number of imide groups is 1.